The third-order valence-corrected chi connectivity index (χ3v) is 3.59. The largest absolute Gasteiger partial charge is 0.380 e. The molecule has 3 nitrogen and oxygen atoms in total. The van der Waals surface area contributed by atoms with Gasteiger partial charge < -0.3 is 10.5 Å². The molecule has 0 fully saturated rings. The van der Waals surface area contributed by atoms with E-state index in [-0.39, 0.29) is 0 Å². The highest BCUT2D eigenvalue weighted by molar-refractivity contribution is 7.11. The predicted molar refractivity (Wildman–Crippen MR) is 69.7 cm³/mol. The molecule has 92 valence electrons. The zero-order chi connectivity index (χ0) is 11.8. The summed E-state index contributed by atoms with van der Waals surface area (Å²) in [5, 5.41) is 0. The van der Waals surface area contributed by atoms with Crippen LogP contribution in [0.2, 0.25) is 0 Å². The van der Waals surface area contributed by atoms with Gasteiger partial charge in [0.05, 0.1) is 6.61 Å². The van der Waals surface area contributed by atoms with Gasteiger partial charge in [0.15, 0.2) is 0 Å². The molecule has 0 saturated heterocycles. The lowest BCUT2D eigenvalue weighted by molar-refractivity contribution is 0.113. The number of ether oxygens (including phenoxy) is 1. The number of nitrogens with zero attached hydrogens (tertiary/aromatic N) is 1. The van der Waals surface area contributed by atoms with E-state index in [9.17, 15) is 0 Å². The van der Waals surface area contributed by atoms with Gasteiger partial charge in [0.2, 0.25) is 0 Å². The summed E-state index contributed by atoms with van der Waals surface area (Å²) in [4.78, 5) is 5.04. The van der Waals surface area contributed by atoms with Crippen LogP contribution in [0.3, 0.4) is 0 Å². The number of rotatable bonds is 8. The molecule has 0 aliphatic rings. The van der Waals surface area contributed by atoms with Crippen molar-refractivity contribution in [2.45, 2.75) is 26.9 Å². The third-order valence-electron chi connectivity index (χ3n) is 2.50. The van der Waals surface area contributed by atoms with Gasteiger partial charge >= 0.3 is 0 Å². The van der Waals surface area contributed by atoms with Crippen LogP contribution < -0.4 is 5.73 Å². The summed E-state index contributed by atoms with van der Waals surface area (Å²) in [5.41, 5.74) is 5.60. The smallest absolute Gasteiger partial charge is 0.0593 e. The van der Waals surface area contributed by atoms with E-state index < -0.39 is 0 Å². The zero-order valence-electron chi connectivity index (χ0n) is 10.2. The molecule has 0 amide bonds. The lowest BCUT2D eigenvalue weighted by atomic mass is 10.4. The Morgan fingerprint density at radius 1 is 1.31 bits per heavy atom. The molecular formula is C12H22N2OS. The maximum absolute atomic E-state index is 5.60. The van der Waals surface area contributed by atoms with Gasteiger partial charge in [0.25, 0.3) is 0 Å². The molecule has 0 aliphatic heterocycles. The van der Waals surface area contributed by atoms with Crippen molar-refractivity contribution in [2.24, 2.45) is 5.73 Å². The topological polar surface area (TPSA) is 38.5 Å². The van der Waals surface area contributed by atoms with Gasteiger partial charge in [0.1, 0.15) is 0 Å². The first kappa shape index (κ1) is 13.6. The maximum Gasteiger partial charge on any atom is 0.0593 e. The molecule has 1 aromatic heterocycles. The number of hydrogen-bond donors (Lipinski definition) is 1. The standard InChI is InChI=1S/C12H22N2OS/c1-3-14(7-8-15-4-2)10-12-6-5-11(9-13)16-12/h5-6H,3-4,7-10,13H2,1-2H3. The van der Waals surface area contributed by atoms with Crippen LogP contribution in [0.4, 0.5) is 0 Å². The fourth-order valence-electron chi connectivity index (χ4n) is 1.52. The molecule has 4 heteroatoms. The highest BCUT2D eigenvalue weighted by atomic mass is 32.1. The Balaban J connectivity index is 2.36. The van der Waals surface area contributed by atoms with E-state index in [2.05, 4.69) is 24.0 Å². The van der Waals surface area contributed by atoms with Gasteiger partial charge in [-0.1, -0.05) is 6.92 Å². The minimum atomic E-state index is 0.649. The van der Waals surface area contributed by atoms with Gasteiger partial charge in [-0.05, 0) is 25.6 Å². The Hall–Kier alpha value is -0.420. The summed E-state index contributed by atoms with van der Waals surface area (Å²) >= 11 is 1.81. The summed E-state index contributed by atoms with van der Waals surface area (Å²) in [5.74, 6) is 0. The van der Waals surface area contributed by atoms with E-state index in [1.54, 1.807) is 0 Å². The van der Waals surface area contributed by atoms with Gasteiger partial charge in [-0.2, -0.15) is 0 Å². The van der Waals surface area contributed by atoms with E-state index in [1.165, 1.54) is 9.75 Å². The first-order valence-electron chi connectivity index (χ1n) is 5.87. The van der Waals surface area contributed by atoms with Crippen molar-refractivity contribution < 1.29 is 4.74 Å². The maximum atomic E-state index is 5.60. The first-order valence-corrected chi connectivity index (χ1v) is 6.69. The average molecular weight is 242 g/mol. The number of hydrogen-bond acceptors (Lipinski definition) is 4. The van der Waals surface area contributed by atoms with E-state index in [0.29, 0.717) is 6.54 Å². The Morgan fingerprint density at radius 3 is 2.62 bits per heavy atom. The molecule has 0 aliphatic carbocycles. The number of likely N-dealkylation sites (N-methyl/N-ethyl adjacent to an activating group) is 1. The molecule has 16 heavy (non-hydrogen) atoms. The second-order valence-corrected chi connectivity index (χ2v) is 4.89. The van der Waals surface area contributed by atoms with Crippen LogP contribution in [0.1, 0.15) is 23.6 Å². The molecular weight excluding hydrogens is 220 g/mol. The molecule has 0 atom stereocenters. The summed E-state index contributed by atoms with van der Waals surface area (Å²) < 4.78 is 5.37. The highest BCUT2D eigenvalue weighted by Gasteiger charge is 2.05. The molecule has 0 saturated carbocycles. The second kappa shape index (κ2) is 7.79. The van der Waals surface area contributed by atoms with Gasteiger partial charge in [-0.3, -0.25) is 4.90 Å². The number of nitrogens with two attached hydrogens (primary N) is 1. The predicted octanol–water partition coefficient (Wildman–Crippen LogP) is 2.07. The van der Waals surface area contributed by atoms with Crippen LogP contribution in [0.5, 0.6) is 0 Å². The van der Waals surface area contributed by atoms with Crippen LogP contribution in [0, 0.1) is 0 Å². The van der Waals surface area contributed by atoms with Crippen LogP contribution in [0.25, 0.3) is 0 Å². The van der Waals surface area contributed by atoms with Crippen molar-refractivity contribution in [2.75, 3.05) is 26.3 Å². The van der Waals surface area contributed by atoms with Gasteiger partial charge in [-0.15, -0.1) is 11.3 Å². The Bertz CT molecular complexity index is 288. The van der Waals surface area contributed by atoms with Crippen LogP contribution in [-0.2, 0) is 17.8 Å². The minimum absolute atomic E-state index is 0.649. The normalized spacial score (nSPS) is 11.2. The molecule has 1 aromatic rings. The molecule has 0 bridgehead atoms. The monoisotopic (exact) mass is 242 g/mol. The van der Waals surface area contributed by atoms with Crippen LogP contribution in [-0.4, -0.2) is 31.2 Å². The van der Waals surface area contributed by atoms with Gasteiger partial charge in [0, 0.05) is 36.0 Å². The van der Waals surface area contributed by atoms with Crippen molar-refractivity contribution >= 4 is 11.3 Å². The van der Waals surface area contributed by atoms with Crippen molar-refractivity contribution in [3.63, 3.8) is 0 Å². The third kappa shape index (κ3) is 4.61. The van der Waals surface area contributed by atoms with Crippen molar-refractivity contribution in [3.8, 4) is 0 Å². The van der Waals surface area contributed by atoms with E-state index >= 15 is 0 Å². The molecule has 0 aromatic carbocycles. The summed E-state index contributed by atoms with van der Waals surface area (Å²) in [6.45, 7) is 9.55. The first-order chi connectivity index (χ1) is 7.80. The molecule has 0 unspecified atom stereocenters. The fourth-order valence-corrected chi connectivity index (χ4v) is 2.46. The van der Waals surface area contributed by atoms with Crippen molar-refractivity contribution in [1.82, 2.24) is 4.90 Å². The molecule has 2 N–H and O–H groups in total. The number of thiophene rings is 1. The minimum Gasteiger partial charge on any atom is -0.380 e. The quantitative estimate of drug-likeness (QED) is 0.709. The van der Waals surface area contributed by atoms with E-state index in [4.69, 9.17) is 10.5 Å². The van der Waals surface area contributed by atoms with E-state index in [0.717, 1.165) is 32.8 Å². The lowest BCUT2D eigenvalue weighted by Gasteiger charge is -2.19. The zero-order valence-corrected chi connectivity index (χ0v) is 11.1. The van der Waals surface area contributed by atoms with Crippen LogP contribution >= 0.6 is 11.3 Å². The average Bonchev–Trinajstić information content (AvgIpc) is 2.75. The highest BCUT2D eigenvalue weighted by Crippen LogP contribution is 2.17. The fraction of sp³-hybridized carbons (Fsp3) is 0.667. The molecule has 1 heterocycles. The summed E-state index contributed by atoms with van der Waals surface area (Å²) in [6.07, 6.45) is 0. The Morgan fingerprint density at radius 2 is 2.06 bits per heavy atom. The van der Waals surface area contributed by atoms with Crippen molar-refractivity contribution in [3.05, 3.63) is 21.9 Å². The van der Waals surface area contributed by atoms with Crippen molar-refractivity contribution in [1.29, 1.82) is 0 Å². The Kier molecular flexibility index (Phi) is 6.64. The molecule has 0 spiro atoms. The second-order valence-electron chi connectivity index (χ2n) is 3.64. The Labute approximate surface area is 102 Å². The SMILES string of the molecule is CCOCCN(CC)Cc1ccc(CN)s1. The molecule has 0 radical (unpaired) electrons. The van der Waals surface area contributed by atoms with E-state index in [1.807, 2.05) is 18.3 Å². The lowest BCUT2D eigenvalue weighted by Crippen LogP contribution is -2.26. The summed E-state index contributed by atoms with van der Waals surface area (Å²) in [7, 11) is 0. The molecule has 1 rings (SSSR count). The summed E-state index contributed by atoms with van der Waals surface area (Å²) in [6, 6.07) is 4.30. The van der Waals surface area contributed by atoms with Gasteiger partial charge in [-0.25, -0.2) is 0 Å². The van der Waals surface area contributed by atoms with Crippen LogP contribution in [0.15, 0.2) is 12.1 Å².